The van der Waals surface area contributed by atoms with Gasteiger partial charge in [-0.1, -0.05) is 26.8 Å². The number of aromatic amines is 1. The zero-order valence-electron chi connectivity index (χ0n) is 12.1. The van der Waals surface area contributed by atoms with Gasteiger partial charge in [0.05, 0.1) is 0 Å². The Balaban J connectivity index is 1.83. The summed E-state index contributed by atoms with van der Waals surface area (Å²) in [6.45, 7) is 6.57. The second kappa shape index (κ2) is 4.67. The molecule has 0 aliphatic heterocycles. The number of hydrogen-bond acceptors (Lipinski definition) is 2. The molecule has 3 rings (SSSR count). The molecule has 0 saturated carbocycles. The number of pyridine rings is 1. The maximum absolute atomic E-state index is 4.49. The Hall–Kier alpha value is -2.29. The zero-order chi connectivity index (χ0) is 14.2. The third-order valence-electron chi connectivity index (χ3n) is 3.46. The van der Waals surface area contributed by atoms with Crippen LogP contribution in [0.15, 0.2) is 48.8 Å². The fourth-order valence-electron chi connectivity index (χ4n) is 2.19. The van der Waals surface area contributed by atoms with Crippen molar-refractivity contribution in [2.24, 2.45) is 0 Å². The van der Waals surface area contributed by atoms with E-state index in [4.69, 9.17) is 0 Å². The molecule has 1 aromatic carbocycles. The molecule has 0 radical (unpaired) electrons. The van der Waals surface area contributed by atoms with Crippen molar-refractivity contribution in [3.05, 3.63) is 54.4 Å². The third-order valence-corrected chi connectivity index (χ3v) is 3.46. The lowest BCUT2D eigenvalue weighted by Crippen LogP contribution is -2.11. The number of benzene rings is 1. The lowest BCUT2D eigenvalue weighted by molar-refractivity contribution is 0.587. The summed E-state index contributed by atoms with van der Waals surface area (Å²) in [5, 5.41) is 4.54. The Morgan fingerprint density at radius 3 is 2.60 bits per heavy atom. The summed E-state index contributed by atoms with van der Waals surface area (Å²) >= 11 is 0. The van der Waals surface area contributed by atoms with Gasteiger partial charge < -0.3 is 10.3 Å². The smallest absolute Gasteiger partial charge is 0.130 e. The Bertz CT molecular complexity index is 718. The zero-order valence-corrected chi connectivity index (χ0v) is 12.1. The van der Waals surface area contributed by atoms with Gasteiger partial charge in [-0.2, -0.15) is 0 Å². The number of H-pyrrole nitrogens is 1. The van der Waals surface area contributed by atoms with Crippen LogP contribution in [0.2, 0.25) is 0 Å². The van der Waals surface area contributed by atoms with Gasteiger partial charge in [0.15, 0.2) is 0 Å². The molecule has 3 aromatic rings. The Labute approximate surface area is 119 Å². The summed E-state index contributed by atoms with van der Waals surface area (Å²) in [4.78, 5) is 7.68. The van der Waals surface area contributed by atoms with Crippen LogP contribution in [0.3, 0.4) is 0 Å². The van der Waals surface area contributed by atoms with Gasteiger partial charge in [-0.3, -0.25) is 0 Å². The summed E-state index contributed by atoms with van der Waals surface area (Å²) in [5.74, 6) is 0.868. The van der Waals surface area contributed by atoms with E-state index >= 15 is 0 Å². The second-order valence-corrected chi connectivity index (χ2v) is 6.09. The van der Waals surface area contributed by atoms with Crippen LogP contribution >= 0.6 is 0 Å². The minimum absolute atomic E-state index is 0.134. The van der Waals surface area contributed by atoms with Crippen molar-refractivity contribution in [3.8, 4) is 0 Å². The average Bonchev–Trinajstić information content (AvgIpc) is 2.86. The van der Waals surface area contributed by atoms with E-state index in [0.29, 0.717) is 0 Å². The van der Waals surface area contributed by atoms with Crippen LogP contribution in [0, 0.1) is 0 Å². The van der Waals surface area contributed by atoms with E-state index in [-0.39, 0.29) is 5.41 Å². The van der Waals surface area contributed by atoms with Crippen molar-refractivity contribution in [1.29, 1.82) is 0 Å². The quantitative estimate of drug-likeness (QED) is 0.710. The highest BCUT2D eigenvalue weighted by molar-refractivity contribution is 5.83. The number of anilines is 2. The van der Waals surface area contributed by atoms with Crippen LogP contribution in [0.25, 0.3) is 10.9 Å². The minimum atomic E-state index is 0.134. The fourth-order valence-corrected chi connectivity index (χ4v) is 2.19. The third kappa shape index (κ3) is 2.52. The van der Waals surface area contributed by atoms with Gasteiger partial charge in [0, 0.05) is 29.0 Å². The molecule has 0 atom stereocenters. The van der Waals surface area contributed by atoms with Gasteiger partial charge >= 0.3 is 0 Å². The van der Waals surface area contributed by atoms with Crippen molar-refractivity contribution in [3.63, 3.8) is 0 Å². The molecule has 0 amide bonds. The predicted molar refractivity (Wildman–Crippen MR) is 84.5 cm³/mol. The molecule has 0 saturated heterocycles. The Morgan fingerprint density at radius 1 is 1.05 bits per heavy atom. The predicted octanol–water partition coefficient (Wildman–Crippen LogP) is 4.60. The van der Waals surface area contributed by atoms with Gasteiger partial charge in [-0.15, -0.1) is 0 Å². The van der Waals surface area contributed by atoms with Crippen molar-refractivity contribution in [2.75, 3.05) is 5.32 Å². The maximum atomic E-state index is 4.49. The molecule has 0 aliphatic carbocycles. The normalized spacial score (nSPS) is 11.8. The summed E-state index contributed by atoms with van der Waals surface area (Å²) in [7, 11) is 0. The van der Waals surface area contributed by atoms with E-state index in [1.165, 1.54) is 10.9 Å². The first-order valence-corrected chi connectivity index (χ1v) is 6.83. The van der Waals surface area contributed by atoms with Crippen LogP contribution in [0.1, 0.15) is 26.3 Å². The van der Waals surface area contributed by atoms with Gasteiger partial charge in [0.25, 0.3) is 0 Å². The largest absolute Gasteiger partial charge is 0.361 e. The van der Waals surface area contributed by atoms with Gasteiger partial charge in [0.2, 0.25) is 0 Å². The first-order chi connectivity index (χ1) is 9.52. The van der Waals surface area contributed by atoms with E-state index in [1.54, 1.807) is 0 Å². The van der Waals surface area contributed by atoms with Crippen LogP contribution < -0.4 is 5.32 Å². The second-order valence-electron chi connectivity index (χ2n) is 6.09. The highest BCUT2D eigenvalue weighted by atomic mass is 15.0. The maximum Gasteiger partial charge on any atom is 0.130 e. The summed E-state index contributed by atoms with van der Waals surface area (Å²) in [6.07, 6.45) is 3.89. The van der Waals surface area contributed by atoms with Crippen molar-refractivity contribution < 1.29 is 0 Å². The Morgan fingerprint density at radius 2 is 1.90 bits per heavy atom. The van der Waals surface area contributed by atoms with Crippen molar-refractivity contribution >= 4 is 22.4 Å². The highest BCUT2D eigenvalue weighted by Crippen LogP contribution is 2.24. The number of rotatable bonds is 2. The van der Waals surface area contributed by atoms with Gasteiger partial charge in [0.1, 0.15) is 5.82 Å². The van der Waals surface area contributed by atoms with E-state index in [1.807, 2.05) is 18.5 Å². The van der Waals surface area contributed by atoms with Gasteiger partial charge in [-0.05, 0) is 41.3 Å². The van der Waals surface area contributed by atoms with E-state index in [9.17, 15) is 0 Å². The van der Waals surface area contributed by atoms with Crippen molar-refractivity contribution in [2.45, 2.75) is 26.2 Å². The number of fused-ring (bicyclic) bond motifs is 1. The highest BCUT2D eigenvalue weighted by Gasteiger charge is 2.13. The molecule has 3 nitrogen and oxygen atoms in total. The number of aromatic nitrogens is 2. The number of hydrogen-bond donors (Lipinski definition) is 2. The lowest BCUT2D eigenvalue weighted by atomic mass is 9.88. The fraction of sp³-hybridized carbons (Fsp3) is 0.235. The average molecular weight is 265 g/mol. The van der Waals surface area contributed by atoms with E-state index in [0.717, 1.165) is 17.0 Å². The first kappa shape index (κ1) is 12.7. The molecule has 0 aliphatic rings. The molecular weight excluding hydrogens is 246 g/mol. The van der Waals surface area contributed by atoms with E-state index < -0.39 is 0 Å². The first-order valence-electron chi connectivity index (χ1n) is 6.83. The lowest BCUT2D eigenvalue weighted by Gasteiger charge is -2.18. The van der Waals surface area contributed by atoms with Crippen LogP contribution in [0.4, 0.5) is 11.5 Å². The summed E-state index contributed by atoms with van der Waals surface area (Å²) in [6, 6.07) is 12.5. The molecule has 20 heavy (non-hydrogen) atoms. The minimum Gasteiger partial charge on any atom is -0.361 e. The molecule has 0 unspecified atom stereocenters. The molecule has 0 fully saturated rings. The van der Waals surface area contributed by atoms with Gasteiger partial charge in [-0.25, -0.2) is 4.98 Å². The molecule has 2 heterocycles. The topological polar surface area (TPSA) is 40.7 Å². The summed E-state index contributed by atoms with van der Waals surface area (Å²) in [5.41, 5.74) is 3.57. The molecule has 2 N–H and O–H groups in total. The van der Waals surface area contributed by atoms with Crippen molar-refractivity contribution in [1.82, 2.24) is 9.97 Å². The van der Waals surface area contributed by atoms with E-state index in [2.05, 4.69) is 66.4 Å². The Kier molecular flexibility index (Phi) is 2.97. The molecule has 0 spiro atoms. The van der Waals surface area contributed by atoms with Crippen LogP contribution in [0.5, 0.6) is 0 Å². The monoisotopic (exact) mass is 265 g/mol. The summed E-state index contributed by atoms with van der Waals surface area (Å²) < 4.78 is 0. The molecule has 102 valence electrons. The van der Waals surface area contributed by atoms with Crippen LogP contribution in [-0.4, -0.2) is 9.97 Å². The molecule has 0 bridgehead atoms. The molecule has 3 heteroatoms. The number of nitrogens with one attached hydrogen (secondary N) is 2. The molecular formula is C17H19N3. The standard InChI is InChI=1S/C17H19N3/c1-17(2,3)13-4-7-16(19-11-13)20-14-5-6-15-12(10-14)8-9-18-15/h4-11,18H,1-3H3,(H,19,20). The number of nitrogens with zero attached hydrogens (tertiary/aromatic N) is 1. The molecule has 2 aromatic heterocycles. The SMILES string of the molecule is CC(C)(C)c1ccc(Nc2ccc3[nH]ccc3c2)nc1. The van der Waals surface area contributed by atoms with Crippen LogP contribution in [-0.2, 0) is 5.41 Å².